The predicted molar refractivity (Wildman–Crippen MR) is 223 cm³/mol. The topological polar surface area (TPSA) is 159 Å². The van der Waals surface area contributed by atoms with Gasteiger partial charge in [0.05, 0.1) is 29.9 Å². The lowest BCUT2D eigenvalue weighted by atomic mass is 10.0. The Morgan fingerprint density at radius 3 is 2.66 bits per heavy atom. The number of anilines is 2. The zero-order valence-corrected chi connectivity index (χ0v) is 33.6. The highest BCUT2D eigenvalue weighted by Crippen LogP contribution is 2.37. The Morgan fingerprint density at radius 1 is 1.07 bits per heavy atom. The first-order chi connectivity index (χ1) is 27.9. The molecule has 4 heterocycles. The van der Waals surface area contributed by atoms with Gasteiger partial charge in [0.2, 0.25) is 23.6 Å². The first kappa shape index (κ1) is 39.7. The molecule has 5 amide bonds. The molecule has 0 bridgehead atoms. The molecule has 2 N–H and O–H groups in total. The van der Waals surface area contributed by atoms with Gasteiger partial charge in [0.15, 0.2) is 0 Å². The van der Waals surface area contributed by atoms with E-state index in [0.717, 1.165) is 38.2 Å². The highest BCUT2D eigenvalue weighted by Gasteiger charge is 2.40. The van der Waals surface area contributed by atoms with Gasteiger partial charge in [0, 0.05) is 105 Å². The number of likely N-dealkylation sites (N-methyl/N-ethyl adjacent to an activating group) is 2. The fourth-order valence-electron chi connectivity index (χ4n) is 7.38. The molecule has 7 rings (SSSR count). The maximum absolute atomic E-state index is 13.4. The van der Waals surface area contributed by atoms with Crippen molar-refractivity contribution in [1.29, 1.82) is 0 Å². The molecule has 1 fully saturated rings. The van der Waals surface area contributed by atoms with E-state index in [0.29, 0.717) is 48.0 Å². The number of benzene rings is 3. The summed E-state index contributed by atoms with van der Waals surface area (Å²) in [6.45, 7) is 4.66. The molecule has 14 nitrogen and oxygen atoms in total. The molecule has 0 radical (unpaired) electrons. The van der Waals surface area contributed by atoms with Crippen LogP contribution < -0.4 is 20.3 Å². The number of para-hydroxylation sites is 1. The predicted octanol–water partition coefficient (Wildman–Crippen LogP) is 4.81. The SMILES string of the molecule is C=CC(=O)Nc1cc(Cc2nccc(-c3cn(C)c4ccccc34)n2)c(OC)cc1N(C)CCN(C)C(=O)CSc1cccc2c1CN(C1CCC(=O)NC1=O)C2=O. The van der Waals surface area contributed by atoms with E-state index in [2.05, 4.69) is 45.1 Å². The smallest absolute Gasteiger partial charge is 0.255 e. The molecule has 2 aliphatic heterocycles. The van der Waals surface area contributed by atoms with Gasteiger partial charge in [-0.1, -0.05) is 30.8 Å². The average molecular weight is 801 g/mol. The van der Waals surface area contributed by atoms with E-state index in [4.69, 9.17) is 9.72 Å². The van der Waals surface area contributed by atoms with Crippen LogP contribution in [0.15, 0.2) is 90.6 Å². The van der Waals surface area contributed by atoms with Crippen LogP contribution >= 0.6 is 11.8 Å². The van der Waals surface area contributed by atoms with Crippen molar-refractivity contribution in [1.82, 2.24) is 29.7 Å². The molecule has 2 aliphatic rings. The Kier molecular flexibility index (Phi) is 11.6. The Morgan fingerprint density at radius 2 is 1.88 bits per heavy atom. The van der Waals surface area contributed by atoms with Crippen molar-refractivity contribution in [3.05, 3.63) is 108 Å². The molecule has 15 heteroatoms. The maximum atomic E-state index is 13.4. The van der Waals surface area contributed by atoms with Crippen LogP contribution in [0.1, 0.15) is 40.2 Å². The number of nitrogens with one attached hydrogen (secondary N) is 2. The number of thioether (sulfide) groups is 1. The van der Waals surface area contributed by atoms with Crippen molar-refractivity contribution in [3.8, 4) is 17.0 Å². The number of aryl methyl sites for hydroxylation is 1. The molecule has 1 unspecified atom stereocenters. The highest BCUT2D eigenvalue weighted by atomic mass is 32.2. The number of amides is 5. The second kappa shape index (κ2) is 16.9. The Hall–Kier alpha value is -6.48. The van der Waals surface area contributed by atoms with E-state index in [1.165, 1.54) is 22.7 Å². The number of rotatable bonds is 14. The molecular formula is C43H44N8O6S. The normalized spacial score (nSPS) is 14.9. The van der Waals surface area contributed by atoms with Gasteiger partial charge in [0.1, 0.15) is 17.6 Å². The van der Waals surface area contributed by atoms with Crippen LogP contribution in [0.3, 0.4) is 0 Å². The summed E-state index contributed by atoms with van der Waals surface area (Å²) in [5.74, 6) is -0.242. The van der Waals surface area contributed by atoms with Crippen molar-refractivity contribution >= 4 is 63.6 Å². The molecule has 1 saturated heterocycles. The van der Waals surface area contributed by atoms with Crippen LogP contribution in [0.5, 0.6) is 5.75 Å². The van der Waals surface area contributed by atoms with Crippen LogP contribution in [0.2, 0.25) is 0 Å². The quantitative estimate of drug-likeness (QED) is 0.0908. The number of ether oxygens (including phenoxy) is 1. The van der Waals surface area contributed by atoms with E-state index in [1.807, 2.05) is 55.4 Å². The summed E-state index contributed by atoms with van der Waals surface area (Å²) < 4.78 is 7.93. The van der Waals surface area contributed by atoms with Crippen molar-refractivity contribution in [2.75, 3.05) is 50.3 Å². The van der Waals surface area contributed by atoms with Crippen molar-refractivity contribution in [3.63, 3.8) is 0 Å². The van der Waals surface area contributed by atoms with E-state index >= 15 is 0 Å². The fraction of sp³-hybridized carbons (Fsp3) is 0.279. The van der Waals surface area contributed by atoms with Crippen LogP contribution in [0.25, 0.3) is 22.2 Å². The minimum atomic E-state index is -0.714. The number of piperidine rings is 1. The van der Waals surface area contributed by atoms with E-state index in [-0.39, 0.29) is 48.8 Å². The van der Waals surface area contributed by atoms with Crippen molar-refractivity contribution in [2.24, 2.45) is 7.05 Å². The third-order valence-electron chi connectivity index (χ3n) is 10.6. The second-order valence-corrected chi connectivity index (χ2v) is 15.3. The third kappa shape index (κ3) is 8.16. The summed E-state index contributed by atoms with van der Waals surface area (Å²) in [5.41, 5.74) is 6.17. The molecule has 2 aromatic heterocycles. The Labute approximate surface area is 340 Å². The number of carbonyl (C=O) groups excluding carboxylic acids is 5. The summed E-state index contributed by atoms with van der Waals surface area (Å²) >= 11 is 1.34. The van der Waals surface area contributed by atoms with Gasteiger partial charge in [0.25, 0.3) is 5.91 Å². The molecule has 1 atom stereocenters. The van der Waals surface area contributed by atoms with Gasteiger partial charge < -0.3 is 29.3 Å². The fourth-order valence-corrected chi connectivity index (χ4v) is 8.40. The van der Waals surface area contributed by atoms with Gasteiger partial charge in [-0.05, 0) is 48.4 Å². The van der Waals surface area contributed by atoms with Crippen LogP contribution in [0.4, 0.5) is 11.4 Å². The number of fused-ring (bicyclic) bond motifs is 2. The molecule has 0 saturated carbocycles. The maximum Gasteiger partial charge on any atom is 0.255 e. The largest absolute Gasteiger partial charge is 0.496 e. The first-order valence-corrected chi connectivity index (χ1v) is 19.8. The third-order valence-corrected chi connectivity index (χ3v) is 11.7. The standard InChI is InChI=1S/C43H44N8O6S/c1-6-39(52)46-32-20-26(21-38-44-17-16-31(45-38)29-23-50(4)33-12-8-7-10-27(29)33)36(57-5)22-35(32)48(2)18-19-49(3)41(54)25-58-37-13-9-11-28-30(37)24-51(43(28)56)34-14-15-40(53)47-42(34)55/h6-13,16-17,20,22-23,34H,1,14-15,18-19,21,24-25H2,2-5H3,(H,46,52)(H,47,53,55). The number of nitrogens with zero attached hydrogens (tertiary/aromatic N) is 6. The summed E-state index contributed by atoms with van der Waals surface area (Å²) in [6.07, 6.45) is 5.81. The Bertz CT molecular complexity index is 2460. The van der Waals surface area contributed by atoms with Gasteiger partial charge in [-0.25, -0.2) is 9.97 Å². The number of carbonyl (C=O) groups is 5. The molecule has 0 aliphatic carbocycles. The first-order valence-electron chi connectivity index (χ1n) is 18.8. The molecule has 3 aromatic carbocycles. The highest BCUT2D eigenvalue weighted by molar-refractivity contribution is 8.00. The average Bonchev–Trinajstić information content (AvgIpc) is 3.75. The Balaban J connectivity index is 1.02. The lowest BCUT2D eigenvalue weighted by molar-refractivity contribution is -0.137. The summed E-state index contributed by atoms with van der Waals surface area (Å²) in [7, 11) is 7.21. The van der Waals surface area contributed by atoms with Crippen LogP contribution in [0, 0.1) is 0 Å². The molecule has 298 valence electrons. The van der Waals surface area contributed by atoms with Crippen LogP contribution in [-0.4, -0.2) is 100.0 Å². The zero-order valence-electron chi connectivity index (χ0n) is 32.8. The van der Waals surface area contributed by atoms with Crippen molar-refractivity contribution in [2.45, 2.75) is 36.7 Å². The number of hydrogen-bond donors (Lipinski definition) is 2. The number of hydrogen-bond acceptors (Lipinski definition) is 10. The lowest BCUT2D eigenvalue weighted by Crippen LogP contribution is -2.52. The van der Waals surface area contributed by atoms with E-state index in [1.54, 1.807) is 37.4 Å². The monoisotopic (exact) mass is 800 g/mol. The van der Waals surface area contributed by atoms with Crippen molar-refractivity contribution < 1.29 is 28.7 Å². The summed E-state index contributed by atoms with van der Waals surface area (Å²) in [6, 6.07) is 18.4. The van der Waals surface area contributed by atoms with Crippen LogP contribution in [-0.2, 0) is 39.2 Å². The summed E-state index contributed by atoms with van der Waals surface area (Å²) in [4.78, 5) is 78.8. The minimum absolute atomic E-state index is 0.110. The number of imide groups is 1. The number of methoxy groups -OCH3 is 1. The van der Waals surface area contributed by atoms with E-state index < -0.39 is 11.9 Å². The van der Waals surface area contributed by atoms with Gasteiger partial charge in [-0.15, -0.1) is 11.8 Å². The molecule has 5 aromatic rings. The molecule has 0 spiro atoms. The zero-order chi connectivity index (χ0) is 41.1. The van der Waals surface area contributed by atoms with E-state index in [9.17, 15) is 24.0 Å². The van der Waals surface area contributed by atoms with Gasteiger partial charge in [-0.2, -0.15) is 0 Å². The molecule has 58 heavy (non-hydrogen) atoms. The molecular weight excluding hydrogens is 757 g/mol. The minimum Gasteiger partial charge on any atom is -0.496 e. The number of aromatic nitrogens is 3. The van der Waals surface area contributed by atoms with Gasteiger partial charge in [-0.3, -0.25) is 29.3 Å². The summed E-state index contributed by atoms with van der Waals surface area (Å²) in [5, 5.41) is 6.36. The lowest BCUT2D eigenvalue weighted by Gasteiger charge is -2.29. The second-order valence-electron chi connectivity index (χ2n) is 14.3. The van der Waals surface area contributed by atoms with Gasteiger partial charge >= 0.3 is 0 Å².